The van der Waals surface area contributed by atoms with Crippen LogP contribution in [0.1, 0.15) is 34.5 Å². The minimum Gasteiger partial charge on any atom is -0.348 e. The van der Waals surface area contributed by atoms with Crippen molar-refractivity contribution in [1.82, 2.24) is 24.8 Å². The van der Waals surface area contributed by atoms with Gasteiger partial charge in [0.15, 0.2) is 0 Å². The molecule has 2 aromatic heterocycles. The summed E-state index contributed by atoms with van der Waals surface area (Å²) < 4.78 is 2.01. The first kappa shape index (κ1) is 15.9. The van der Waals surface area contributed by atoms with Crippen molar-refractivity contribution in [2.45, 2.75) is 26.8 Å². The molecule has 1 aromatic carbocycles. The smallest absolute Gasteiger partial charge is 0.254 e. The number of hydrogen-bond acceptors (Lipinski definition) is 4. The summed E-state index contributed by atoms with van der Waals surface area (Å²) in [6, 6.07) is 8.00. The summed E-state index contributed by atoms with van der Waals surface area (Å²) in [4.78, 5) is 24.6. The number of benzene rings is 1. The molecule has 1 N–H and O–H groups in total. The number of rotatable bonds is 5. The molecule has 6 nitrogen and oxygen atoms in total. The lowest BCUT2D eigenvalue weighted by molar-refractivity contribution is 0.0950. The van der Waals surface area contributed by atoms with E-state index < -0.39 is 0 Å². The van der Waals surface area contributed by atoms with Gasteiger partial charge < -0.3 is 9.88 Å². The molecule has 1 amide bonds. The number of nitrogens with zero attached hydrogens (tertiary/aromatic N) is 4. The average molecular weight is 321 g/mol. The Hall–Kier alpha value is -3.02. The quantitative estimate of drug-likeness (QED) is 0.783. The zero-order valence-corrected chi connectivity index (χ0v) is 13.7. The summed E-state index contributed by atoms with van der Waals surface area (Å²) in [6.07, 6.45) is 7.57. The molecule has 0 aliphatic heterocycles. The molecule has 0 fully saturated rings. The zero-order valence-electron chi connectivity index (χ0n) is 13.7. The van der Waals surface area contributed by atoms with Crippen molar-refractivity contribution in [2.24, 2.45) is 0 Å². The Balaban J connectivity index is 1.62. The molecule has 0 saturated carbocycles. The molecule has 0 radical (unpaired) electrons. The number of imidazole rings is 1. The Morgan fingerprint density at radius 2 is 1.83 bits per heavy atom. The number of carbonyl (C=O) groups is 1. The molecule has 6 heteroatoms. The number of aromatic nitrogens is 4. The summed E-state index contributed by atoms with van der Waals surface area (Å²) in [7, 11) is 0. The van der Waals surface area contributed by atoms with Gasteiger partial charge in [0.1, 0.15) is 11.6 Å². The summed E-state index contributed by atoms with van der Waals surface area (Å²) >= 11 is 0. The van der Waals surface area contributed by atoms with E-state index in [1.54, 1.807) is 18.6 Å². The standard InChI is InChI=1S/C18H19N5O/c1-3-17-20-11-15(12-21-17)18(24)22-10-14-4-6-16(7-5-14)23-9-8-19-13(23)2/h4-9,11-12H,3,10H2,1-2H3,(H,22,24). The van der Waals surface area contributed by atoms with Crippen molar-refractivity contribution in [2.75, 3.05) is 0 Å². The first-order valence-corrected chi connectivity index (χ1v) is 7.85. The average Bonchev–Trinajstić information content (AvgIpc) is 3.06. The summed E-state index contributed by atoms with van der Waals surface area (Å²) in [5, 5.41) is 2.88. The third kappa shape index (κ3) is 3.48. The number of nitrogens with one attached hydrogen (secondary N) is 1. The molecule has 3 aromatic rings. The predicted molar refractivity (Wildman–Crippen MR) is 90.9 cm³/mol. The van der Waals surface area contributed by atoms with Gasteiger partial charge in [-0.1, -0.05) is 19.1 Å². The molecule has 0 bridgehead atoms. The van der Waals surface area contributed by atoms with E-state index >= 15 is 0 Å². The molecular weight excluding hydrogens is 302 g/mol. The van der Waals surface area contributed by atoms with E-state index in [4.69, 9.17) is 0 Å². The lowest BCUT2D eigenvalue weighted by Crippen LogP contribution is -2.23. The van der Waals surface area contributed by atoms with Gasteiger partial charge in [-0.3, -0.25) is 4.79 Å². The fourth-order valence-corrected chi connectivity index (χ4v) is 2.36. The van der Waals surface area contributed by atoms with Crippen LogP contribution >= 0.6 is 0 Å². The van der Waals surface area contributed by atoms with Gasteiger partial charge in [-0.05, 0) is 24.6 Å². The van der Waals surface area contributed by atoms with Gasteiger partial charge in [0.05, 0.1) is 5.56 Å². The van der Waals surface area contributed by atoms with Crippen molar-refractivity contribution < 1.29 is 4.79 Å². The second kappa shape index (κ2) is 7.04. The Bertz CT molecular complexity index is 821. The third-order valence-corrected chi connectivity index (χ3v) is 3.78. The highest BCUT2D eigenvalue weighted by Crippen LogP contribution is 2.11. The Morgan fingerprint density at radius 1 is 1.12 bits per heavy atom. The zero-order chi connectivity index (χ0) is 16.9. The van der Waals surface area contributed by atoms with Gasteiger partial charge >= 0.3 is 0 Å². The summed E-state index contributed by atoms with van der Waals surface area (Å²) in [6.45, 7) is 4.39. The van der Waals surface area contributed by atoms with Gasteiger partial charge in [-0.15, -0.1) is 0 Å². The SMILES string of the molecule is CCc1ncc(C(=O)NCc2ccc(-n3ccnc3C)cc2)cn1. The molecule has 3 rings (SSSR count). The van der Waals surface area contributed by atoms with Crippen molar-refractivity contribution >= 4 is 5.91 Å². The molecule has 2 heterocycles. The van der Waals surface area contributed by atoms with E-state index in [1.807, 2.05) is 48.9 Å². The second-order valence-electron chi connectivity index (χ2n) is 5.44. The van der Waals surface area contributed by atoms with Crippen LogP contribution < -0.4 is 5.32 Å². The molecular formula is C18H19N5O. The van der Waals surface area contributed by atoms with Crippen LogP contribution in [-0.4, -0.2) is 25.4 Å². The van der Waals surface area contributed by atoms with Crippen molar-refractivity contribution in [1.29, 1.82) is 0 Å². The maximum absolute atomic E-state index is 12.1. The van der Waals surface area contributed by atoms with Crippen LogP contribution in [0.2, 0.25) is 0 Å². The van der Waals surface area contributed by atoms with Crippen LogP contribution in [0.15, 0.2) is 49.1 Å². The van der Waals surface area contributed by atoms with Gasteiger partial charge in [-0.25, -0.2) is 15.0 Å². The highest BCUT2D eigenvalue weighted by Gasteiger charge is 2.07. The van der Waals surface area contributed by atoms with E-state index in [9.17, 15) is 4.79 Å². The second-order valence-corrected chi connectivity index (χ2v) is 5.44. The molecule has 0 unspecified atom stereocenters. The van der Waals surface area contributed by atoms with Crippen molar-refractivity contribution in [3.05, 3.63) is 71.8 Å². The number of amides is 1. The lowest BCUT2D eigenvalue weighted by atomic mass is 10.2. The Kier molecular flexibility index (Phi) is 4.65. The summed E-state index contributed by atoms with van der Waals surface area (Å²) in [5.41, 5.74) is 2.54. The van der Waals surface area contributed by atoms with Crippen LogP contribution in [-0.2, 0) is 13.0 Å². The minimum atomic E-state index is -0.174. The van der Waals surface area contributed by atoms with Gasteiger partial charge in [-0.2, -0.15) is 0 Å². The Morgan fingerprint density at radius 3 is 2.42 bits per heavy atom. The van der Waals surface area contributed by atoms with Crippen LogP contribution in [0.4, 0.5) is 0 Å². The maximum atomic E-state index is 12.1. The van der Waals surface area contributed by atoms with Gasteiger partial charge in [0.2, 0.25) is 0 Å². The predicted octanol–water partition coefficient (Wildman–Crippen LogP) is 2.46. The highest BCUT2D eigenvalue weighted by atomic mass is 16.1. The van der Waals surface area contributed by atoms with Crippen LogP contribution in [0, 0.1) is 6.92 Å². The minimum absolute atomic E-state index is 0.174. The van der Waals surface area contributed by atoms with E-state index in [1.165, 1.54) is 0 Å². The first-order valence-electron chi connectivity index (χ1n) is 7.85. The van der Waals surface area contributed by atoms with Crippen molar-refractivity contribution in [3.8, 4) is 5.69 Å². The monoisotopic (exact) mass is 321 g/mol. The molecule has 0 atom stereocenters. The molecule has 24 heavy (non-hydrogen) atoms. The van der Waals surface area contributed by atoms with E-state index in [2.05, 4.69) is 20.3 Å². The van der Waals surface area contributed by atoms with Crippen LogP contribution in [0.25, 0.3) is 5.69 Å². The normalized spacial score (nSPS) is 10.6. The van der Waals surface area contributed by atoms with E-state index in [-0.39, 0.29) is 5.91 Å². The molecule has 122 valence electrons. The largest absolute Gasteiger partial charge is 0.348 e. The van der Waals surface area contributed by atoms with Crippen molar-refractivity contribution in [3.63, 3.8) is 0 Å². The molecule has 0 aliphatic rings. The highest BCUT2D eigenvalue weighted by molar-refractivity contribution is 5.93. The van der Waals surface area contributed by atoms with E-state index in [0.29, 0.717) is 12.1 Å². The van der Waals surface area contributed by atoms with Gasteiger partial charge in [0, 0.05) is 43.4 Å². The van der Waals surface area contributed by atoms with E-state index in [0.717, 1.165) is 29.3 Å². The molecule has 0 aliphatic carbocycles. The number of aryl methyl sites for hydroxylation is 2. The van der Waals surface area contributed by atoms with Gasteiger partial charge in [0.25, 0.3) is 5.91 Å². The topological polar surface area (TPSA) is 72.7 Å². The van der Waals surface area contributed by atoms with Crippen LogP contribution in [0.3, 0.4) is 0 Å². The lowest BCUT2D eigenvalue weighted by Gasteiger charge is -2.08. The fourth-order valence-electron chi connectivity index (χ4n) is 2.36. The van der Waals surface area contributed by atoms with Crippen LogP contribution in [0.5, 0.6) is 0 Å². The first-order chi connectivity index (χ1) is 11.7. The molecule has 0 saturated heterocycles. The number of carbonyl (C=O) groups excluding carboxylic acids is 1. The number of hydrogen-bond donors (Lipinski definition) is 1. The summed E-state index contributed by atoms with van der Waals surface area (Å²) in [5.74, 6) is 1.50. The maximum Gasteiger partial charge on any atom is 0.254 e. The third-order valence-electron chi connectivity index (χ3n) is 3.78. The Labute approximate surface area is 140 Å². The fraction of sp³-hybridized carbons (Fsp3) is 0.222. The molecule has 0 spiro atoms.